The molecule has 1 heterocycles. The summed E-state index contributed by atoms with van der Waals surface area (Å²) in [4.78, 5) is 2.46. The fraction of sp³-hybridized carbons (Fsp3) is 0.538. The molecule has 0 amide bonds. The highest BCUT2D eigenvalue weighted by Crippen LogP contribution is 2.18. The van der Waals surface area contributed by atoms with Gasteiger partial charge in [0.2, 0.25) is 10.0 Å². The molecule has 1 aromatic rings. The lowest BCUT2D eigenvalue weighted by Crippen LogP contribution is -2.35. The van der Waals surface area contributed by atoms with Crippen molar-refractivity contribution >= 4 is 32.6 Å². The predicted molar refractivity (Wildman–Crippen MR) is 86.1 cm³/mol. The van der Waals surface area contributed by atoms with E-state index in [1.54, 1.807) is 16.4 Å². The summed E-state index contributed by atoms with van der Waals surface area (Å²) in [7, 11) is -3.40. The Bertz CT molecular complexity index is 533. The van der Waals surface area contributed by atoms with Crippen LogP contribution in [0, 0.1) is 3.57 Å². The van der Waals surface area contributed by atoms with Gasteiger partial charge in [0.1, 0.15) is 0 Å². The molecular weight excluding hydrogens is 391 g/mol. The van der Waals surface area contributed by atoms with Crippen molar-refractivity contribution in [2.24, 2.45) is 0 Å². The van der Waals surface area contributed by atoms with Crippen LogP contribution in [0.2, 0.25) is 0 Å². The fourth-order valence-corrected chi connectivity index (χ4v) is 4.14. The topological polar surface area (TPSA) is 60.9 Å². The maximum absolute atomic E-state index is 12.6. The predicted octanol–water partition coefficient (Wildman–Crippen LogP) is 0.980. The molecule has 1 saturated heterocycles. The number of β-amino-alcohol motifs (C(OH)–C–C–N with tert-alkyl or cyclic N) is 1. The van der Waals surface area contributed by atoms with E-state index in [1.165, 1.54) is 0 Å². The summed E-state index contributed by atoms with van der Waals surface area (Å²) in [5.74, 6) is 0. The normalized spacial score (nSPS) is 18.9. The zero-order valence-electron chi connectivity index (χ0n) is 11.2. The second kappa shape index (κ2) is 7.17. The van der Waals surface area contributed by atoms with Crippen LogP contribution < -0.4 is 0 Å². The molecular formula is C13H19IN2O3S. The van der Waals surface area contributed by atoms with Gasteiger partial charge in [0.25, 0.3) is 0 Å². The molecule has 2 rings (SSSR count). The summed E-state index contributed by atoms with van der Waals surface area (Å²) in [5.41, 5.74) is 0. The number of halogens is 1. The molecule has 0 spiro atoms. The first-order chi connectivity index (χ1) is 9.54. The van der Waals surface area contributed by atoms with Crippen molar-refractivity contribution < 1.29 is 13.5 Å². The number of benzene rings is 1. The molecule has 0 aromatic heterocycles. The number of aliphatic hydroxyl groups is 1. The molecule has 0 bridgehead atoms. The maximum Gasteiger partial charge on any atom is 0.243 e. The molecule has 1 aliphatic rings. The van der Waals surface area contributed by atoms with E-state index in [4.69, 9.17) is 5.11 Å². The Labute approximate surface area is 133 Å². The van der Waals surface area contributed by atoms with Gasteiger partial charge in [0.05, 0.1) is 11.5 Å². The monoisotopic (exact) mass is 410 g/mol. The van der Waals surface area contributed by atoms with Gasteiger partial charge in [0, 0.05) is 29.7 Å². The third-order valence-electron chi connectivity index (χ3n) is 3.42. The summed E-state index contributed by atoms with van der Waals surface area (Å²) >= 11 is 2.16. The molecule has 0 unspecified atom stereocenters. The van der Waals surface area contributed by atoms with Crippen LogP contribution in [0.5, 0.6) is 0 Å². The third kappa shape index (κ3) is 3.91. The molecule has 0 saturated carbocycles. The van der Waals surface area contributed by atoms with Crippen LogP contribution in [0.3, 0.4) is 0 Å². The molecule has 1 N–H and O–H groups in total. The molecule has 112 valence electrons. The van der Waals surface area contributed by atoms with Crippen molar-refractivity contribution in [1.29, 1.82) is 0 Å². The largest absolute Gasteiger partial charge is 0.395 e. The van der Waals surface area contributed by atoms with Gasteiger partial charge in [-0.3, -0.25) is 4.90 Å². The van der Waals surface area contributed by atoms with E-state index in [-0.39, 0.29) is 6.61 Å². The smallest absolute Gasteiger partial charge is 0.243 e. The lowest BCUT2D eigenvalue weighted by atomic mass is 10.4. The van der Waals surface area contributed by atoms with Gasteiger partial charge < -0.3 is 5.11 Å². The van der Waals surface area contributed by atoms with E-state index in [2.05, 4.69) is 27.5 Å². The van der Waals surface area contributed by atoms with Crippen LogP contribution in [0.25, 0.3) is 0 Å². The first-order valence-electron chi connectivity index (χ1n) is 6.63. The van der Waals surface area contributed by atoms with Crippen LogP contribution in [0.1, 0.15) is 6.42 Å². The third-order valence-corrected chi connectivity index (χ3v) is 6.05. The fourth-order valence-electron chi connectivity index (χ4n) is 2.31. The number of aliphatic hydroxyl groups excluding tert-OH is 1. The first-order valence-corrected chi connectivity index (χ1v) is 9.15. The Morgan fingerprint density at radius 3 is 2.45 bits per heavy atom. The minimum Gasteiger partial charge on any atom is -0.395 e. The van der Waals surface area contributed by atoms with Gasteiger partial charge in [-0.25, -0.2) is 8.42 Å². The van der Waals surface area contributed by atoms with Crippen molar-refractivity contribution in [3.63, 3.8) is 0 Å². The van der Waals surface area contributed by atoms with Gasteiger partial charge in [-0.15, -0.1) is 0 Å². The Kier molecular flexibility index (Phi) is 5.79. The van der Waals surface area contributed by atoms with Gasteiger partial charge in [0.15, 0.2) is 0 Å². The highest BCUT2D eigenvalue weighted by atomic mass is 127. The second-order valence-corrected chi connectivity index (χ2v) is 7.96. The summed E-state index contributed by atoms with van der Waals surface area (Å²) in [6, 6.07) is 6.94. The van der Waals surface area contributed by atoms with E-state index in [0.29, 0.717) is 31.1 Å². The minimum absolute atomic E-state index is 0.115. The van der Waals surface area contributed by atoms with Crippen molar-refractivity contribution in [2.75, 3.05) is 39.3 Å². The van der Waals surface area contributed by atoms with E-state index >= 15 is 0 Å². The van der Waals surface area contributed by atoms with E-state index < -0.39 is 10.0 Å². The lowest BCUT2D eigenvalue weighted by Gasteiger charge is -2.21. The van der Waals surface area contributed by atoms with Gasteiger partial charge in [-0.05, 0) is 59.8 Å². The van der Waals surface area contributed by atoms with E-state index in [9.17, 15) is 8.42 Å². The van der Waals surface area contributed by atoms with Crippen LogP contribution in [-0.4, -0.2) is 62.1 Å². The first kappa shape index (κ1) is 16.2. The van der Waals surface area contributed by atoms with E-state index in [1.807, 2.05) is 12.1 Å². The molecule has 20 heavy (non-hydrogen) atoms. The van der Waals surface area contributed by atoms with Crippen molar-refractivity contribution in [3.8, 4) is 0 Å². The SMILES string of the molecule is O=S(=O)(c1ccc(I)cc1)N1CCCN(CCO)CC1. The quantitative estimate of drug-likeness (QED) is 0.753. The average molecular weight is 410 g/mol. The highest BCUT2D eigenvalue weighted by Gasteiger charge is 2.26. The summed E-state index contributed by atoms with van der Waals surface area (Å²) < 4.78 is 27.7. The maximum atomic E-state index is 12.6. The summed E-state index contributed by atoms with van der Waals surface area (Å²) in [6.45, 7) is 3.25. The summed E-state index contributed by atoms with van der Waals surface area (Å²) in [5, 5.41) is 8.97. The molecule has 0 radical (unpaired) electrons. The number of rotatable bonds is 4. The summed E-state index contributed by atoms with van der Waals surface area (Å²) in [6.07, 6.45) is 0.795. The van der Waals surface area contributed by atoms with Gasteiger partial charge in [-0.2, -0.15) is 4.31 Å². The van der Waals surface area contributed by atoms with Crippen LogP contribution in [-0.2, 0) is 10.0 Å². The Morgan fingerprint density at radius 1 is 1.10 bits per heavy atom. The lowest BCUT2D eigenvalue weighted by molar-refractivity contribution is 0.202. The standard InChI is InChI=1S/C13H19IN2O3S/c14-12-2-4-13(5-3-12)20(18,19)16-7-1-6-15(8-9-16)10-11-17/h2-5,17H,1,6-11H2. The number of hydrogen-bond donors (Lipinski definition) is 1. The van der Waals surface area contributed by atoms with Gasteiger partial charge in [-0.1, -0.05) is 0 Å². The van der Waals surface area contributed by atoms with Crippen LogP contribution in [0.4, 0.5) is 0 Å². The average Bonchev–Trinajstić information content (AvgIpc) is 2.66. The highest BCUT2D eigenvalue weighted by molar-refractivity contribution is 14.1. The number of hydrogen-bond acceptors (Lipinski definition) is 4. The van der Waals surface area contributed by atoms with Crippen molar-refractivity contribution in [2.45, 2.75) is 11.3 Å². The van der Waals surface area contributed by atoms with Gasteiger partial charge >= 0.3 is 0 Å². The Hall–Kier alpha value is -0.220. The zero-order valence-corrected chi connectivity index (χ0v) is 14.2. The van der Waals surface area contributed by atoms with Crippen molar-refractivity contribution in [3.05, 3.63) is 27.8 Å². The van der Waals surface area contributed by atoms with Crippen LogP contribution >= 0.6 is 22.6 Å². The molecule has 1 fully saturated rings. The van der Waals surface area contributed by atoms with E-state index in [0.717, 1.165) is 16.5 Å². The Morgan fingerprint density at radius 2 is 1.80 bits per heavy atom. The van der Waals surface area contributed by atoms with Crippen LogP contribution in [0.15, 0.2) is 29.2 Å². The molecule has 5 nitrogen and oxygen atoms in total. The number of nitrogens with zero attached hydrogens (tertiary/aromatic N) is 2. The molecule has 1 aromatic carbocycles. The molecule has 7 heteroatoms. The molecule has 0 aliphatic carbocycles. The molecule has 0 atom stereocenters. The number of sulfonamides is 1. The van der Waals surface area contributed by atoms with Crippen molar-refractivity contribution in [1.82, 2.24) is 9.21 Å². The molecule has 1 aliphatic heterocycles. The second-order valence-electron chi connectivity index (χ2n) is 4.78. The minimum atomic E-state index is -3.40. The Balaban J connectivity index is 2.11. The zero-order chi connectivity index (χ0) is 14.6.